The van der Waals surface area contributed by atoms with Gasteiger partial charge in [0, 0.05) is 25.7 Å². The molecule has 6 nitrogen and oxygen atoms in total. The molecule has 2 heterocycles. The number of carbonyl (C=O) groups excluding carboxylic acids is 1. The van der Waals surface area contributed by atoms with E-state index in [-0.39, 0.29) is 12.1 Å². The van der Waals surface area contributed by atoms with E-state index in [0.29, 0.717) is 32.5 Å². The highest BCUT2D eigenvalue weighted by molar-refractivity contribution is 5.87. The third-order valence-electron chi connectivity index (χ3n) is 4.43. The van der Waals surface area contributed by atoms with E-state index in [1.54, 1.807) is 9.80 Å². The van der Waals surface area contributed by atoms with Gasteiger partial charge in [0.2, 0.25) is 0 Å². The lowest BCUT2D eigenvalue weighted by Gasteiger charge is -2.39. The Kier molecular flexibility index (Phi) is 3.99. The molecule has 3 N–H and O–H groups in total. The average molecular weight is 269 g/mol. The number of nitrogens with two attached hydrogens (primary N) is 1. The Balaban J connectivity index is 2.15. The Labute approximate surface area is 113 Å². The fourth-order valence-electron chi connectivity index (χ4n) is 3.25. The summed E-state index contributed by atoms with van der Waals surface area (Å²) in [6.07, 6.45) is 3.58. The van der Waals surface area contributed by atoms with E-state index in [2.05, 4.69) is 0 Å². The third kappa shape index (κ3) is 2.41. The van der Waals surface area contributed by atoms with Crippen molar-refractivity contribution in [3.63, 3.8) is 0 Å². The monoisotopic (exact) mass is 269 g/mol. The maximum absolute atomic E-state index is 12.6. The van der Waals surface area contributed by atoms with Gasteiger partial charge in [-0.1, -0.05) is 6.92 Å². The lowest BCUT2D eigenvalue weighted by molar-refractivity contribution is -0.148. The van der Waals surface area contributed by atoms with Crippen molar-refractivity contribution in [2.75, 3.05) is 19.6 Å². The molecule has 19 heavy (non-hydrogen) atoms. The minimum atomic E-state index is -1.02. The molecule has 2 amide bonds. The molecule has 0 aromatic heterocycles. The Morgan fingerprint density at radius 2 is 2.11 bits per heavy atom. The summed E-state index contributed by atoms with van der Waals surface area (Å²) in [5, 5.41) is 9.50. The first-order chi connectivity index (χ1) is 9.01. The Morgan fingerprint density at radius 3 is 2.68 bits per heavy atom. The van der Waals surface area contributed by atoms with Gasteiger partial charge in [0.25, 0.3) is 0 Å². The minimum absolute atomic E-state index is 0.0150. The lowest BCUT2D eigenvalue weighted by Crippen LogP contribution is -2.58. The van der Waals surface area contributed by atoms with Gasteiger partial charge < -0.3 is 20.6 Å². The van der Waals surface area contributed by atoms with E-state index >= 15 is 0 Å². The molecule has 2 saturated heterocycles. The van der Waals surface area contributed by atoms with Gasteiger partial charge in [0.05, 0.1) is 0 Å². The number of hydrogen-bond acceptors (Lipinski definition) is 3. The van der Waals surface area contributed by atoms with Gasteiger partial charge in [-0.3, -0.25) is 0 Å². The highest BCUT2D eigenvalue weighted by Gasteiger charge is 2.49. The molecular weight excluding hydrogens is 246 g/mol. The van der Waals surface area contributed by atoms with E-state index in [1.165, 1.54) is 0 Å². The molecule has 0 saturated carbocycles. The van der Waals surface area contributed by atoms with Crippen LogP contribution in [0.25, 0.3) is 0 Å². The van der Waals surface area contributed by atoms with E-state index in [1.807, 2.05) is 6.92 Å². The molecule has 0 aliphatic carbocycles. The summed E-state index contributed by atoms with van der Waals surface area (Å²) in [7, 11) is 0. The van der Waals surface area contributed by atoms with Crippen molar-refractivity contribution in [1.82, 2.24) is 9.80 Å². The summed E-state index contributed by atoms with van der Waals surface area (Å²) >= 11 is 0. The minimum Gasteiger partial charge on any atom is -0.479 e. The first kappa shape index (κ1) is 14.1. The molecular formula is C13H23N3O3. The van der Waals surface area contributed by atoms with Crippen molar-refractivity contribution in [3.8, 4) is 0 Å². The van der Waals surface area contributed by atoms with Crippen molar-refractivity contribution >= 4 is 12.0 Å². The molecule has 2 aliphatic heterocycles. The summed E-state index contributed by atoms with van der Waals surface area (Å²) in [4.78, 5) is 27.4. The highest BCUT2D eigenvalue weighted by atomic mass is 16.4. The second kappa shape index (κ2) is 5.36. The normalized spacial score (nSPS) is 31.6. The van der Waals surface area contributed by atoms with E-state index in [4.69, 9.17) is 5.73 Å². The molecule has 2 aliphatic rings. The van der Waals surface area contributed by atoms with E-state index < -0.39 is 11.5 Å². The van der Waals surface area contributed by atoms with Crippen molar-refractivity contribution < 1.29 is 14.7 Å². The van der Waals surface area contributed by atoms with Crippen molar-refractivity contribution in [2.24, 2.45) is 5.73 Å². The van der Waals surface area contributed by atoms with E-state index in [9.17, 15) is 14.7 Å². The van der Waals surface area contributed by atoms with Crippen LogP contribution < -0.4 is 5.73 Å². The number of aliphatic carboxylic acids is 1. The number of rotatable bonds is 2. The number of amides is 2. The molecule has 2 fully saturated rings. The van der Waals surface area contributed by atoms with E-state index in [0.717, 1.165) is 19.3 Å². The Bertz CT molecular complexity index is 374. The van der Waals surface area contributed by atoms with Crippen LogP contribution >= 0.6 is 0 Å². The molecule has 2 rings (SSSR count). The molecule has 0 spiro atoms. The van der Waals surface area contributed by atoms with Crippen LogP contribution in [0.4, 0.5) is 4.79 Å². The summed E-state index contributed by atoms with van der Waals surface area (Å²) < 4.78 is 0. The second-order valence-electron chi connectivity index (χ2n) is 5.58. The number of piperidine rings is 1. The fourth-order valence-corrected chi connectivity index (χ4v) is 3.25. The number of urea groups is 1. The molecule has 2 unspecified atom stereocenters. The van der Waals surface area contributed by atoms with Gasteiger partial charge in [-0.25, -0.2) is 9.59 Å². The van der Waals surface area contributed by atoms with Gasteiger partial charge in [0.15, 0.2) is 0 Å². The maximum atomic E-state index is 12.6. The Hall–Kier alpha value is -1.30. The zero-order valence-electron chi connectivity index (χ0n) is 11.5. The van der Waals surface area contributed by atoms with Gasteiger partial charge in [-0.05, 0) is 32.1 Å². The maximum Gasteiger partial charge on any atom is 0.329 e. The second-order valence-corrected chi connectivity index (χ2v) is 5.58. The van der Waals surface area contributed by atoms with Crippen LogP contribution in [-0.4, -0.2) is 58.1 Å². The van der Waals surface area contributed by atoms with Crippen LogP contribution in [0.5, 0.6) is 0 Å². The summed E-state index contributed by atoms with van der Waals surface area (Å²) in [5.74, 6) is -0.887. The number of carbonyl (C=O) groups is 2. The molecule has 2 atom stereocenters. The average Bonchev–Trinajstić information content (AvgIpc) is 2.82. The van der Waals surface area contributed by atoms with Gasteiger partial charge >= 0.3 is 12.0 Å². The quantitative estimate of drug-likeness (QED) is 0.778. The van der Waals surface area contributed by atoms with Crippen LogP contribution in [0.15, 0.2) is 0 Å². The fraction of sp³-hybridized carbons (Fsp3) is 0.846. The topological polar surface area (TPSA) is 86.9 Å². The number of likely N-dealkylation sites (tertiary alicyclic amines) is 2. The molecule has 6 heteroatoms. The van der Waals surface area contributed by atoms with Crippen LogP contribution in [0.3, 0.4) is 0 Å². The smallest absolute Gasteiger partial charge is 0.329 e. The largest absolute Gasteiger partial charge is 0.479 e. The van der Waals surface area contributed by atoms with Crippen LogP contribution in [0, 0.1) is 0 Å². The molecule has 108 valence electrons. The molecule has 0 aromatic carbocycles. The lowest BCUT2D eigenvalue weighted by atomic mass is 9.93. The first-order valence-electron chi connectivity index (χ1n) is 7.07. The van der Waals surface area contributed by atoms with Crippen molar-refractivity contribution in [3.05, 3.63) is 0 Å². The molecule has 0 aromatic rings. The zero-order valence-corrected chi connectivity index (χ0v) is 11.5. The van der Waals surface area contributed by atoms with Crippen LogP contribution in [0.2, 0.25) is 0 Å². The Morgan fingerprint density at radius 1 is 1.37 bits per heavy atom. The van der Waals surface area contributed by atoms with Crippen LogP contribution in [-0.2, 0) is 4.79 Å². The SMILES string of the molecule is CCC1(C(=O)O)CCCN1C(=O)N1CCCC(N)C1. The number of nitrogens with zero attached hydrogens (tertiary/aromatic N) is 2. The van der Waals surface area contributed by atoms with Crippen molar-refractivity contribution in [1.29, 1.82) is 0 Å². The van der Waals surface area contributed by atoms with Gasteiger partial charge in [0.1, 0.15) is 5.54 Å². The number of carboxylic acids is 1. The van der Waals surface area contributed by atoms with Gasteiger partial charge in [-0.2, -0.15) is 0 Å². The summed E-state index contributed by atoms with van der Waals surface area (Å²) in [5.41, 5.74) is 4.88. The predicted octanol–water partition coefficient (Wildman–Crippen LogP) is 0.859. The summed E-state index contributed by atoms with van der Waals surface area (Å²) in [6.45, 7) is 3.59. The number of hydrogen-bond donors (Lipinski definition) is 2. The standard InChI is InChI=1S/C13H23N3O3/c1-2-13(11(17)18)6-4-8-16(13)12(19)15-7-3-5-10(14)9-15/h10H,2-9,14H2,1H3,(H,17,18). The molecule has 0 bridgehead atoms. The predicted molar refractivity (Wildman–Crippen MR) is 70.8 cm³/mol. The molecule has 0 radical (unpaired) electrons. The van der Waals surface area contributed by atoms with Crippen molar-refractivity contribution in [2.45, 2.75) is 50.6 Å². The first-order valence-corrected chi connectivity index (χ1v) is 7.07. The van der Waals surface area contributed by atoms with Gasteiger partial charge in [-0.15, -0.1) is 0 Å². The zero-order chi connectivity index (χ0) is 14.0. The third-order valence-corrected chi connectivity index (χ3v) is 4.43. The highest BCUT2D eigenvalue weighted by Crippen LogP contribution is 2.34. The summed E-state index contributed by atoms with van der Waals surface area (Å²) in [6, 6.07) is -0.141. The van der Waals surface area contributed by atoms with Crippen LogP contribution in [0.1, 0.15) is 39.0 Å². The number of carboxylic acid groups (broad SMARTS) is 1.